The first-order chi connectivity index (χ1) is 11.6. The lowest BCUT2D eigenvalue weighted by atomic mass is 10.1. The number of rotatable bonds is 4. The van der Waals surface area contributed by atoms with Gasteiger partial charge in [-0.1, -0.05) is 23.7 Å². The topological polar surface area (TPSA) is 71.8 Å². The summed E-state index contributed by atoms with van der Waals surface area (Å²) in [7, 11) is 0. The van der Waals surface area contributed by atoms with Crippen molar-refractivity contribution in [3.63, 3.8) is 0 Å². The van der Waals surface area contributed by atoms with Crippen LogP contribution in [0.3, 0.4) is 0 Å². The van der Waals surface area contributed by atoms with Crippen LogP contribution in [0.1, 0.15) is 18.5 Å². The lowest BCUT2D eigenvalue weighted by Gasteiger charge is -2.16. The second kappa shape index (κ2) is 7.14. The lowest BCUT2D eigenvalue weighted by molar-refractivity contribution is 0.249. The van der Waals surface area contributed by atoms with Gasteiger partial charge in [-0.15, -0.1) is 0 Å². The van der Waals surface area contributed by atoms with Gasteiger partial charge in [0.2, 0.25) is 0 Å². The van der Waals surface area contributed by atoms with E-state index >= 15 is 0 Å². The molecule has 0 saturated carbocycles. The van der Waals surface area contributed by atoms with Crippen LogP contribution >= 0.6 is 11.6 Å². The van der Waals surface area contributed by atoms with Crippen molar-refractivity contribution in [3.05, 3.63) is 71.8 Å². The third-order valence-corrected chi connectivity index (χ3v) is 3.80. The highest BCUT2D eigenvalue weighted by Gasteiger charge is 2.12. The molecule has 2 N–H and O–H groups in total. The highest BCUT2D eigenvalue weighted by atomic mass is 35.5. The third kappa shape index (κ3) is 3.72. The molecule has 6 nitrogen and oxygen atoms in total. The quantitative estimate of drug-likeness (QED) is 0.709. The summed E-state index contributed by atoms with van der Waals surface area (Å²) in [5.74, 6) is 0. The smallest absolute Gasteiger partial charge is 0.319 e. The number of hydrogen-bond acceptors (Lipinski definition) is 3. The van der Waals surface area contributed by atoms with Crippen LogP contribution in [0.5, 0.6) is 0 Å². The molecule has 3 aromatic rings. The molecule has 1 unspecified atom stereocenters. The summed E-state index contributed by atoms with van der Waals surface area (Å²) >= 11 is 5.94. The summed E-state index contributed by atoms with van der Waals surface area (Å²) in [5.41, 5.74) is 2.37. The van der Waals surface area contributed by atoms with Gasteiger partial charge in [-0.05, 0) is 42.8 Å². The number of aromatic nitrogens is 3. The zero-order chi connectivity index (χ0) is 16.9. The van der Waals surface area contributed by atoms with Crippen LogP contribution in [0.15, 0.2) is 61.1 Å². The fourth-order valence-electron chi connectivity index (χ4n) is 2.28. The Bertz CT molecular complexity index is 835. The van der Waals surface area contributed by atoms with Crippen molar-refractivity contribution in [3.8, 4) is 5.69 Å². The largest absolute Gasteiger partial charge is 0.331 e. The van der Waals surface area contributed by atoms with Crippen molar-refractivity contribution in [2.45, 2.75) is 13.0 Å². The van der Waals surface area contributed by atoms with E-state index in [2.05, 4.69) is 20.7 Å². The minimum absolute atomic E-state index is 0.184. The van der Waals surface area contributed by atoms with Crippen molar-refractivity contribution in [1.82, 2.24) is 20.1 Å². The zero-order valence-corrected chi connectivity index (χ0v) is 13.7. The summed E-state index contributed by atoms with van der Waals surface area (Å²) in [4.78, 5) is 16.1. The monoisotopic (exact) mass is 341 g/mol. The highest BCUT2D eigenvalue weighted by molar-refractivity contribution is 6.32. The van der Waals surface area contributed by atoms with Crippen molar-refractivity contribution in [2.24, 2.45) is 0 Å². The molecule has 2 amide bonds. The number of hydrogen-bond donors (Lipinski definition) is 2. The number of pyridine rings is 1. The minimum atomic E-state index is -0.345. The second-order valence-corrected chi connectivity index (χ2v) is 5.57. The molecule has 2 heterocycles. The summed E-state index contributed by atoms with van der Waals surface area (Å²) in [5, 5.41) is 10.0. The first kappa shape index (κ1) is 16.0. The van der Waals surface area contributed by atoms with Gasteiger partial charge in [0.25, 0.3) is 0 Å². The molecule has 0 aliphatic carbocycles. The molecule has 0 aliphatic rings. The first-order valence-electron chi connectivity index (χ1n) is 7.41. The molecule has 0 fully saturated rings. The molecule has 3 rings (SSSR count). The predicted octanol–water partition coefficient (Wildman–Crippen LogP) is 3.80. The van der Waals surface area contributed by atoms with Crippen LogP contribution in [-0.2, 0) is 0 Å². The maximum atomic E-state index is 12.1. The molecule has 2 aromatic heterocycles. The van der Waals surface area contributed by atoms with E-state index in [4.69, 9.17) is 11.6 Å². The van der Waals surface area contributed by atoms with Crippen LogP contribution in [0, 0.1) is 0 Å². The van der Waals surface area contributed by atoms with Crippen molar-refractivity contribution in [2.75, 3.05) is 5.32 Å². The van der Waals surface area contributed by atoms with Gasteiger partial charge in [0.05, 0.1) is 17.4 Å². The predicted molar refractivity (Wildman–Crippen MR) is 93.4 cm³/mol. The molecule has 0 radical (unpaired) electrons. The summed E-state index contributed by atoms with van der Waals surface area (Å²) in [6, 6.07) is 12.6. The van der Waals surface area contributed by atoms with Gasteiger partial charge in [0.1, 0.15) is 0 Å². The number of amides is 2. The molecule has 1 aromatic carbocycles. The molecule has 0 saturated heterocycles. The van der Waals surface area contributed by atoms with Gasteiger partial charge in [-0.2, -0.15) is 5.10 Å². The number of nitrogens with zero attached hydrogens (tertiary/aromatic N) is 3. The van der Waals surface area contributed by atoms with Gasteiger partial charge in [0.15, 0.2) is 5.15 Å². The second-order valence-electron chi connectivity index (χ2n) is 5.21. The Morgan fingerprint density at radius 1 is 1.21 bits per heavy atom. The van der Waals surface area contributed by atoms with E-state index in [0.717, 1.165) is 11.3 Å². The number of benzene rings is 1. The normalized spacial score (nSPS) is 11.8. The minimum Gasteiger partial charge on any atom is -0.331 e. The summed E-state index contributed by atoms with van der Waals surface area (Å²) in [6.45, 7) is 1.91. The number of halogens is 1. The number of carbonyl (C=O) groups excluding carboxylic acids is 1. The number of anilines is 1. The van der Waals surface area contributed by atoms with E-state index in [9.17, 15) is 4.79 Å². The van der Waals surface area contributed by atoms with E-state index in [-0.39, 0.29) is 17.2 Å². The molecule has 122 valence electrons. The molecule has 1 atom stereocenters. The average molecular weight is 342 g/mol. The SMILES string of the molecule is CC(NC(=O)Nc1cccnc1Cl)c1cccc(-n2cccn2)c1. The summed E-state index contributed by atoms with van der Waals surface area (Å²) in [6.07, 6.45) is 5.16. The van der Waals surface area contributed by atoms with E-state index in [1.165, 1.54) is 0 Å². The van der Waals surface area contributed by atoms with E-state index in [1.807, 2.05) is 43.5 Å². The highest BCUT2D eigenvalue weighted by Crippen LogP contribution is 2.19. The molecule has 0 bridgehead atoms. The Balaban J connectivity index is 1.68. The molecular formula is C17H16ClN5O. The van der Waals surface area contributed by atoms with Crippen molar-refractivity contribution in [1.29, 1.82) is 0 Å². The Morgan fingerprint density at radius 2 is 2.08 bits per heavy atom. The number of carbonyl (C=O) groups is 1. The molecule has 24 heavy (non-hydrogen) atoms. The van der Waals surface area contributed by atoms with Crippen LogP contribution in [0.4, 0.5) is 10.5 Å². The van der Waals surface area contributed by atoms with E-state index < -0.39 is 0 Å². The number of nitrogens with one attached hydrogen (secondary N) is 2. The maximum Gasteiger partial charge on any atom is 0.319 e. The molecular weight excluding hydrogens is 326 g/mol. The van der Waals surface area contributed by atoms with Crippen LogP contribution in [-0.4, -0.2) is 20.8 Å². The van der Waals surface area contributed by atoms with Crippen molar-refractivity contribution >= 4 is 23.3 Å². The van der Waals surface area contributed by atoms with Crippen molar-refractivity contribution < 1.29 is 4.79 Å². The standard InChI is InChI=1S/C17H16ClN5O/c1-12(21-17(24)22-15-7-3-8-19-16(15)18)13-5-2-6-14(11-13)23-10-4-9-20-23/h2-12H,1H3,(H2,21,22,24). The average Bonchev–Trinajstić information content (AvgIpc) is 3.11. The fraction of sp³-hybridized carbons (Fsp3) is 0.118. The van der Waals surface area contributed by atoms with Gasteiger partial charge < -0.3 is 10.6 Å². The van der Waals surface area contributed by atoms with Crippen LogP contribution < -0.4 is 10.6 Å². The third-order valence-electron chi connectivity index (χ3n) is 3.49. The first-order valence-corrected chi connectivity index (χ1v) is 7.79. The lowest BCUT2D eigenvalue weighted by Crippen LogP contribution is -2.31. The Kier molecular flexibility index (Phi) is 4.77. The molecule has 7 heteroatoms. The van der Waals surface area contributed by atoms with E-state index in [1.54, 1.807) is 29.2 Å². The van der Waals surface area contributed by atoms with Gasteiger partial charge in [-0.3, -0.25) is 0 Å². The van der Waals surface area contributed by atoms with Gasteiger partial charge in [-0.25, -0.2) is 14.5 Å². The Labute approximate surface area is 144 Å². The van der Waals surface area contributed by atoms with Gasteiger partial charge in [0, 0.05) is 18.6 Å². The fourth-order valence-corrected chi connectivity index (χ4v) is 2.44. The molecule has 0 aliphatic heterocycles. The van der Waals surface area contributed by atoms with Crippen LogP contribution in [0.25, 0.3) is 5.69 Å². The van der Waals surface area contributed by atoms with Crippen LogP contribution in [0.2, 0.25) is 5.15 Å². The Morgan fingerprint density at radius 3 is 2.83 bits per heavy atom. The Hall–Kier alpha value is -2.86. The maximum absolute atomic E-state index is 12.1. The van der Waals surface area contributed by atoms with Gasteiger partial charge >= 0.3 is 6.03 Å². The summed E-state index contributed by atoms with van der Waals surface area (Å²) < 4.78 is 1.77. The number of urea groups is 1. The molecule has 0 spiro atoms. The zero-order valence-electron chi connectivity index (χ0n) is 13.0. The van der Waals surface area contributed by atoms with E-state index in [0.29, 0.717) is 5.69 Å².